The number of nitrogens with one attached hydrogen (secondary N) is 2. The highest BCUT2D eigenvalue weighted by Gasteiger charge is 2.21. The molecule has 0 aliphatic carbocycles. The number of hydrogen-bond acceptors (Lipinski definition) is 1. The van der Waals surface area contributed by atoms with E-state index in [1.807, 2.05) is 31.0 Å². The molecule has 1 aliphatic heterocycles. The number of aromatic nitrogens is 1. The molecule has 1 aromatic heterocycles. The SMILES string of the molecule is CC(C)NC(=O)N1CCc2[nH]ccc2C1. The van der Waals surface area contributed by atoms with Gasteiger partial charge in [-0.3, -0.25) is 0 Å². The number of nitrogens with zero attached hydrogens (tertiary/aromatic N) is 1. The first-order chi connectivity index (χ1) is 7.16. The van der Waals surface area contributed by atoms with Gasteiger partial charge in [-0.25, -0.2) is 4.79 Å². The van der Waals surface area contributed by atoms with Gasteiger partial charge >= 0.3 is 6.03 Å². The van der Waals surface area contributed by atoms with Gasteiger partial charge in [0.15, 0.2) is 0 Å². The molecular formula is C11H17N3O. The van der Waals surface area contributed by atoms with Crippen molar-refractivity contribution < 1.29 is 4.79 Å². The van der Waals surface area contributed by atoms with E-state index in [1.165, 1.54) is 11.3 Å². The van der Waals surface area contributed by atoms with Crippen LogP contribution in [0.1, 0.15) is 25.1 Å². The van der Waals surface area contributed by atoms with Crippen LogP contribution < -0.4 is 5.32 Å². The van der Waals surface area contributed by atoms with Crippen LogP contribution in [-0.4, -0.2) is 28.5 Å². The van der Waals surface area contributed by atoms with Crippen LogP contribution in [0.4, 0.5) is 4.79 Å². The molecule has 0 unspecified atom stereocenters. The molecule has 4 heteroatoms. The lowest BCUT2D eigenvalue weighted by molar-refractivity contribution is 0.189. The van der Waals surface area contributed by atoms with Crippen molar-refractivity contribution in [3.63, 3.8) is 0 Å². The van der Waals surface area contributed by atoms with E-state index in [-0.39, 0.29) is 12.1 Å². The molecule has 4 nitrogen and oxygen atoms in total. The van der Waals surface area contributed by atoms with Crippen molar-refractivity contribution in [3.8, 4) is 0 Å². The first kappa shape index (κ1) is 10.1. The fraction of sp³-hybridized carbons (Fsp3) is 0.545. The van der Waals surface area contributed by atoms with Crippen LogP contribution in [0.15, 0.2) is 12.3 Å². The molecule has 1 aliphatic rings. The van der Waals surface area contributed by atoms with Gasteiger partial charge in [0.25, 0.3) is 0 Å². The third-order valence-corrected chi connectivity index (χ3v) is 2.62. The summed E-state index contributed by atoms with van der Waals surface area (Å²) in [5.41, 5.74) is 2.50. The van der Waals surface area contributed by atoms with E-state index in [9.17, 15) is 4.79 Å². The highest BCUT2D eigenvalue weighted by Crippen LogP contribution is 2.16. The Bertz CT molecular complexity index is 356. The number of fused-ring (bicyclic) bond motifs is 1. The third-order valence-electron chi connectivity index (χ3n) is 2.62. The Morgan fingerprint density at radius 2 is 2.40 bits per heavy atom. The zero-order valence-corrected chi connectivity index (χ0v) is 9.21. The zero-order valence-electron chi connectivity index (χ0n) is 9.21. The molecule has 0 spiro atoms. The quantitative estimate of drug-likeness (QED) is 0.720. The Morgan fingerprint density at radius 1 is 1.60 bits per heavy atom. The standard InChI is InChI=1S/C11H17N3O/c1-8(2)13-11(15)14-6-4-10-9(7-14)3-5-12-10/h3,5,8,12H,4,6-7H2,1-2H3,(H,13,15). The fourth-order valence-electron chi connectivity index (χ4n) is 1.86. The number of H-pyrrole nitrogens is 1. The summed E-state index contributed by atoms with van der Waals surface area (Å²) in [6.07, 6.45) is 2.86. The van der Waals surface area contributed by atoms with E-state index in [0.29, 0.717) is 0 Å². The van der Waals surface area contributed by atoms with Crippen LogP contribution in [-0.2, 0) is 13.0 Å². The number of hydrogen-bond donors (Lipinski definition) is 2. The molecule has 0 radical (unpaired) electrons. The summed E-state index contributed by atoms with van der Waals surface area (Å²) in [5, 5.41) is 2.91. The summed E-state index contributed by atoms with van der Waals surface area (Å²) >= 11 is 0. The van der Waals surface area contributed by atoms with Gasteiger partial charge < -0.3 is 15.2 Å². The minimum absolute atomic E-state index is 0.0388. The van der Waals surface area contributed by atoms with Crippen molar-refractivity contribution in [2.75, 3.05) is 6.54 Å². The van der Waals surface area contributed by atoms with Gasteiger partial charge in [0.05, 0.1) is 0 Å². The van der Waals surface area contributed by atoms with Crippen LogP contribution in [0.5, 0.6) is 0 Å². The van der Waals surface area contributed by atoms with E-state index < -0.39 is 0 Å². The molecular weight excluding hydrogens is 190 g/mol. The van der Waals surface area contributed by atoms with Gasteiger partial charge in [0.1, 0.15) is 0 Å². The molecule has 2 heterocycles. The maximum Gasteiger partial charge on any atom is 0.317 e. The van der Waals surface area contributed by atoms with Gasteiger partial charge in [-0.1, -0.05) is 0 Å². The second-order valence-electron chi connectivity index (χ2n) is 4.26. The molecule has 0 saturated heterocycles. The molecule has 82 valence electrons. The van der Waals surface area contributed by atoms with Crippen LogP contribution in [0.25, 0.3) is 0 Å². The number of amides is 2. The summed E-state index contributed by atoms with van der Waals surface area (Å²) in [6, 6.07) is 2.28. The van der Waals surface area contributed by atoms with Gasteiger partial charge in [0.2, 0.25) is 0 Å². The van der Waals surface area contributed by atoms with Crippen molar-refractivity contribution in [1.29, 1.82) is 0 Å². The van der Waals surface area contributed by atoms with E-state index in [4.69, 9.17) is 0 Å². The first-order valence-electron chi connectivity index (χ1n) is 5.37. The predicted molar refractivity (Wildman–Crippen MR) is 58.6 cm³/mol. The summed E-state index contributed by atoms with van der Waals surface area (Å²) in [6.45, 7) is 5.47. The number of carbonyl (C=O) groups excluding carboxylic acids is 1. The smallest absolute Gasteiger partial charge is 0.317 e. The van der Waals surface area contributed by atoms with Gasteiger partial charge in [-0.15, -0.1) is 0 Å². The summed E-state index contributed by atoms with van der Waals surface area (Å²) in [4.78, 5) is 16.8. The largest absolute Gasteiger partial charge is 0.365 e. The van der Waals surface area contributed by atoms with Crippen LogP contribution in [0, 0.1) is 0 Å². The Hall–Kier alpha value is -1.45. The van der Waals surface area contributed by atoms with Crippen LogP contribution in [0.3, 0.4) is 0 Å². The number of aromatic amines is 1. The molecule has 0 atom stereocenters. The summed E-state index contributed by atoms with van der Waals surface area (Å²) < 4.78 is 0. The molecule has 0 bridgehead atoms. The minimum atomic E-state index is 0.0388. The lowest BCUT2D eigenvalue weighted by atomic mass is 10.1. The maximum absolute atomic E-state index is 11.7. The summed E-state index contributed by atoms with van der Waals surface area (Å²) in [7, 11) is 0. The van der Waals surface area contributed by atoms with Crippen molar-refractivity contribution in [3.05, 3.63) is 23.5 Å². The zero-order chi connectivity index (χ0) is 10.8. The topological polar surface area (TPSA) is 48.1 Å². The van der Waals surface area contributed by atoms with E-state index >= 15 is 0 Å². The summed E-state index contributed by atoms with van der Waals surface area (Å²) in [5.74, 6) is 0. The van der Waals surface area contributed by atoms with Crippen molar-refractivity contribution >= 4 is 6.03 Å². The molecule has 0 aromatic carbocycles. The molecule has 2 N–H and O–H groups in total. The van der Waals surface area contributed by atoms with Gasteiger partial charge in [0, 0.05) is 37.4 Å². The Balaban J connectivity index is 2.00. The van der Waals surface area contributed by atoms with Crippen molar-refractivity contribution in [2.24, 2.45) is 0 Å². The van der Waals surface area contributed by atoms with E-state index in [1.54, 1.807) is 0 Å². The van der Waals surface area contributed by atoms with Gasteiger partial charge in [-0.2, -0.15) is 0 Å². The molecule has 2 amide bonds. The maximum atomic E-state index is 11.7. The monoisotopic (exact) mass is 207 g/mol. The number of urea groups is 1. The lowest BCUT2D eigenvalue weighted by Gasteiger charge is -2.28. The molecule has 0 fully saturated rings. The highest BCUT2D eigenvalue weighted by atomic mass is 16.2. The Morgan fingerprint density at radius 3 is 3.13 bits per heavy atom. The predicted octanol–water partition coefficient (Wildman–Crippen LogP) is 1.49. The Kier molecular flexibility index (Phi) is 2.66. The fourth-order valence-corrected chi connectivity index (χ4v) is 1.86. The average Bonchev–Trinajstić information content (AvgIpc) is 2.62. The van der Waals surface area contributed by atoms with E-state index in [0.717, 1.165) is 19.5 Å². The second-order valence-corrected chi connectivity index (χ2v) is 4.26. The lowest BCUT2D eigenvalue weighted by Crippen LogP contribution is -2.44. The molecule has 2 rings (SSSR count). The first-order valence-corrected chi connectivity index (χ1v) is 5.37. The van der Waals surface area contributed by atoms with Crippen molar-refractivity contribution in [1.82, 2.24) is 15.2 Å². The van der Waals surface area contributed by atoms with Crippen molar-refractivity contribution in [2.45, 2.75) is 32.9 Å². The number of carbonyl (C=O) groups is 1. The second kappa shape index (κ2) is 3.96. The average molecular weight is 207 g/mol. The third kappa shape index (κ3) is 2.14. The van der Waals surface area contributed by atoms with Crippen LogP contribution in [0.2, 0.25) is 0 Å². The number of rotatable bonds is 1. The minimum Gasteiger partial charge on any atom is -0.365 e. The molecule has 15 heavy (non-hydrogen) atoms. The van der Waals surface area contributed by atoms with E-state index in [2.05, 4.69) is 10.3 Å². The molecule has 0 saturated carbocycles. The normalized spacial score (nSPS) is 15.3. The van der Waals surface area contributed by atoms with Crippen LogP contribution >= 0.6 is 0 Å². The van der Waals surface area contributed by atoms with Gasteiger partial charge in [-0.05, 0) is 25.5 Å². The highest BCUT2D eigenvalue weighted by molar-refractivity contribution is 5.74. The Labute approximate surface area is 89.7 Å². The molecule has 1 aromatic rings.